The molecule has 9 nitrogen and oxygen atoms in total. The van der Waals surface area contributed by atoms with Gasteiger partial charge in [-0.05, 0) is 0 Å². The SMILES string of the molecule is CC(=O)OC[C@@H]1C[C@@H](OC(C)=O)[C@H](n2cc(F)c(=O)[nH]c2=O)O1. The smallest absolute Gasteiger partial charge is 0.330 e. The van der Waals surface area contributed by atoms with Crippen molar-refractivity contribution in [3.8, 4) is 0 Å². The highest BCUT2D eigenvalue weighted by molar-refractivity contribution is 5.66. The molecule has 0 radical (unpaired) electrons. The quantitative estimate of drug-likeness (QED) is 0.737. The van der Waals surface area contributed by atoms with E-state index >= 15 is 0 Å². The molecule has 0 unspecified atom stereocenters. The summed E-state index contributed by atoms with van der Waals surface area (Å²) in [6, 6.07) is 0. The summed E-state index contributed by atoms with van der Waals surface area (Å²) in [4.78, 5) is 46.7. The van der Waals surface area contributed by atoms with Crippen molar-refractivity contribution in [2.75, 3.05) is 6.61 Å². The van der Waals surface area contributed by atoms with E-state index in [-0.39, 0.29) is 13.0 Å². The molecule has 23 heavy (non-hydrogen) atoms. The predicted octanol–water partition coefficient (Wildman–Crippen LogP) is -0.542. The van der Waals surface area contributed by atoms with E-state index in [2.05, 4.69) is 0 Å². The summed E-state index contributed by atoms with van der Waals surface area (Å²) in [6.07, 6.45) is -1.86. The number of esters is 2. The first kappa shape index (κ1) is 16.9. The molecule has 0 amide bonds. The summed E-state index contributed by atoms with van der Waals surface area (Å²) in [5.74, 6) is -2.32. The normalized spacial score (nSPS) is 23.5. The fourth-order valence-corrected chi connectivity index (χ4v) is 2.25. The zero-order valence-corrected chi connectivity index (χ0v) is 12.4. The Kier molecular flexibility index (Phi) is 4.94. The van der Waals surface area contributed by atoms with Crippen LogP contribution in [0.25, 0.3) is 0 Å². The van der Waals surface area contributed by atoms with Gasteiger partial charge in [0, 0.05) is 20.3 Å². The highest BCUT2D eigenvalue weighted by Crippen LogP contribution is 2.30. The molecule has 1 N–H and O–H groups in total. The summed E-state index contributed by atoms with van der Waals surface area (Å²) >= 11 is 0. The van der Waals surface area contributed by atoms with Crippen molar-refractivity contribution in [1.82, 2.24) is 9.55 Å². The van der Waals surface area contributed by atoms with Gasteiger partial charge in [0.1, 0.15) is 12.7 Å². The molecule has 1 aromatic rings. The molecular formula is C13H15FN2O7. The number of hydrogen-bond acceptors (Lipinski definition) is 7. The maximum atomic E-state index is 13.4. The Labute approximate surface area is 129 Å². The molecule has 126 valence electrons. The number of aromatic amines is 1. The van der Waals surface area contributed by atoms with Gasteiger partial charge in [0.05, 0.1) is 12.3 Å². The number of hydrogen-bond donors (Lipinski definition) is 1. The third kappa shape index (κ3) is 4.03. The van der Waals surface area contributed by atoms with Crippen LogP contribution in [0.2, 0.25) is 0 Å². The van der Waals surface area contributed by atoms with E-state index in [4.69, 9.17) is 14.2 Å². The Morgan fingerprint density at radius 1 is 1.39 bits per heavy atom. The Balaban J connectivity index is 2.27. The summed E-state index contributed by atoms with van der Waals surface area (Å²) in [7, 11) is 0. The van der Waals surface area contributed by atoms with Gasteiger partial charge in [0.25, 0.3) is 5.56 Å². The van der Waals surface area contributed by atoms with E-state index in [1.54, 1.807) is 4.98 Å². The van der Waals surface area contributed by atoms with Gasteiger partial charge < -0.3 is 14.2 Å². The second-order valence-corrected chi connectivity index (χ2v) is 4.98. The molecule has 1 aliphatic rings. The van der Waals surface area contributed by atoms with Crippen molar-refractivity contribution in [3.63, 3.8) is 0 Å². The Morgan fingerprint density at radius 2 is 2.09 bits per heavy atom. The van der Waals surface area contributed by atoms with Crippen molar-refractivity contribution in [3.05, 3.63) is 32.9 Å². The van der Waals surface area contributed by atoms with Crippen LogP contribution in [0.15, 0.2) is 15.8 Å². The number of nitrogens with one attached hydrogen (secondary N) is 1. The molecule has 0 aliphatic carbocycles. The highest BCUT2D eigenvalue weighted by Gasteiger charge is 2.40. The zero-order valence-electron chi connectivity index (χ0n) is 12.4. The lowest BCUT2D eigenvalue weighted by Crippen LogP contribution is -2.37. The molecule has 0 aromatic carbocycles. The molecule has 1 aliphatic heterocycles. The predicted molar refractivity (Wildman–Crippen MR) is 72.0 cm³/mol. The minimum absolute atomic E-state index is 0.107. The van der Waals surface area contributed by atoms with E-state index in [0.29, 0.717) is 6.20 Å². The van der Waals surface area contributed by atoms with Gasteiger partial charge in [-0.15, -0.1) is 0 Å². The number of carbonyl (C=O) groups excluding carboxylic acids is 2. The molecule has 3 atom stereocenters. The third-order valence-corrected chi connectivity index (χ3v) is 3.13. The molecular weight excluding hydrogens is 315 g/mol. The number of halogens is 1. The fraction of sp³-hybridized carbons (Fsp3) is 0.538. The first-order valence-corrected chi connectivity index (χ1v) is 6.75. The molecule has 0 bridgehead atoms. The van der Waals surface area contributed by atoms with E-state index in [1.807, 2.05) is 0 Å². The number of carbonyl (C=O) groups is 2. The second-order valence-electron chi connectivity index (χ2n) is 4.98. The van der Waals surface area contributed by atoms with Gasteiger partial charge in [0.2, 0.25) is 5.82 Å². The summed E-state index contributed by atoms with van der Waals surface area (Å²) in [6.45, 7) is 2.29. The van der Waals surface area contributed by atoms with Crippen molar-refractivity contribution in [2.45, 2.75) is 38.7 Å². The highest BCUT2D eigenvalue weighted by atomic mass is 19.1. The van der Waals surface area contributed by atoms with Crippen LogP contribution in [0.4, 0.5) is 4.39 Å². The molecule has 2 heterocycles. The topological polar surface area (TPSA) is 117 Å². The molecule has 1 saturated heterocycles. The standard InChI is InChI=1S/C13H15FN2O7/c1-6(17)21-5-8-3-10(22-7(2)18)12(23-8)16-4-9(14)11(19)15-13(16)20/h4,8,10,12H,3,5H2,1-2H3,(H,15,19,20)/t8-,10+,12+/m0/s1. The van der Waals surface area contributed by atoms with Crippen LogP contribution in [0.3, 0.4) is 0 Å². The van der Waals surface area contributed by atoms with Crippen molar-refractivity contribution in [1.29, 1.82) is 0 Å². The molecule has 2 rings (SSSR count). The van der Waals surface area contributed by atoms with Crippen LogP contribution in [-0.2, 0) is 23.8 Å². The van der Waals surface area contributed by atoms with Gasteiger partial charge in [-0.2, -0.15) is 4.39 Å². The minimum Gasteiger partial charge on any atom is -0.463 e. The van der Waals surface area contributed by atoms with Crippen molar-refractivity contribution in [2.24, 2.45) is 0 Å². The molecule has 10 heteroatoms. The van der Waals surface area contributed by atoms with Crippen LogP contribution in [0, 0.1) is 5.82 Å². The van der Waals surface area contributed by atoms with Crippen molar-refractivity contribution < 1.29 is 28.2 Å². The van der Waals surface area contributed by atoms with E-state index in [9.17, 15) is 23.6 Å². The van der Waals surface area contributed by atoms with Crippen LogP contribution in [-0.4, -0.2) is 40.3 Å². The lowest BCUT2D eigenvalue weighted by Gasteiger charge is -2.20. The van der Waals surface area contributed by atoms with Crippen LogP contribution < -0.4 is 11.2 Å². The Morgan fingerprint density at radius 3 is 2.70 bits per heavy atom. The van der Waals surface area contributed by atoms with Gasteiger partial charge >= 0.3 is 17.6 Å². The van der Waals surface area contributed by atoms with Gasteiger partial charge in [-0.1, -0.05) is 0 Å². The van der Waals surface area contributed by atoms with Crippen LogP contribution in [0.1, 0.15) is 26.5 Å². The van der Waals surface area contributed by atoms with Crippen molar-refractivity contribution >= 4 is 11.9 Å². The summed E-state index contributed by atoms with van der Waals surface area (Å²) in [5, 5.41) is 0. The Bertz CT molecular complexity index is 726. The second kappa shape index (κ2) is 6.73. The number of H-pyrrole nitrogens is 1. The van der Waals surface area contributed by atoms with E-state index in [1.165, 1.54) is 13.8 Å². The van der Waals surface area contributed by atoms with E-state index in [0.717, 1.165) is 4.57 Å². The fourth-order valence-electron chi connectivity index (χ4n) is 2.25. The maximum Gasteiger partial charge on any atom is 0.330 e. The van der Waals surface area contributed by atoms with Crippen LogP contribution in [0.5, 0.6) is 0 Å². The van der Waals surface area contributed by atoms with Crippen LogP contribution >= 0.6 is 0 Å². The molecule has 0 saturated carbocycles. The van der Waals surface area contributed by atoms with Gasteiger partial charge in [-0.3, -0.25) is 23.9 Å². The number of rotatable bonds is 4. The lowest BCUT2D eigenvalue weighted by atomic mass is 10.2. The lowest BCUT2D eigenvalue weighted by molar-refractivity contribution is -0.153. The summed E-state index contributed by atoms with van der Waals surface area (Å²) in [5.41, 5.74) is -2.07. The Hall–Kier alpha value is -2.49. The zero-order chi connectivity index (χ0) is 17.1. The number of ether oxygens (including phenoxy) is 3. The van der Waals surface area contributed by atoms with Gasteiger partial charge in [-0.25, -0.2) is 4.79 Å². The average molecular weight is 330 g/mol. The maximum absolute atomic E-state index is 13.4. The number of aromatic nitrogens is 2. The average Bonchev–Trinajstić information content (AvgIpc) is 2.82. The first-order chi connectivity index (χ1) is 10.8. The van der Waals surface area contributed by atoms with E-state index < -0.39 is 47.4 Å². The van der Waals surface area contributed by atoms with Gasteiger partial charge in [0.15, 0.2) is 6.23 Å². The minimum atomic E-state index is -1.18. The molecule has 0 spiro atoms. The first-order valence-electron chi connectivity index (χ1n) is 6.75. The monoisotopic (exact) mass is 330 g/mol. The summed E-state index contributed by atoms with van der Waals surface area (Å²) < 4.78 is 29.6. The molecule has 1 aromatic heterocycles. The third-order valence-electron chi connectivity index (χ3n) is 3.13. The molecule has 1 fully saturated rings. The largest absolute Gasteiger partial charge is 0.463 e. The number of nitrogens with zero attached hydrogens (tertiary/aromatic N) is 1.